The Kier molecular flexibility index (Phi) is 7.22. The second-order valence-corrected chi connectivity index (χ2v) is 8.07. The van der Waals surface area contributed by atoms with Gasteiger partial charge in [-0.1, -0.05) is 44.4 Å². The zero-order chi connectivity index (χ0) is 23.5. The van der Waals surface area contributed by atoms with Crippen LogP contribution in [0.1, 0.15) is 80.0 Å². The lowest BCUT2D eigenvalue weighted by atomic mass is 9.78. The number of hydrogen-bond acceptors (Lipinski definition) is 2. The highest BCUT2D eigenvalue weighted by Gasteiger charge is 2.40. The maximum Gasteiger partial charge on any atom is 0.429 e. The fraction of sp³-hybridized carbons (Fsp3) is 0.400. The molecule has 1 saturated carbocycles. The van der Waals surface area contributed by atoms with Crippen LogP contribution in [0.2, 0.25) is 0 Å². The summed E-state index contributed by atoms with van der Waals surface area (Å²) < 4.78 is 77.8. The van der Waals surface area contributed by atoms with Crippen molar-refractivity contribution in [3.05, 3.63) is 76.1 Å². The molecule has 0 N–H and O–H groups in total. The van der Waals surface area contributed by atoms with Crippen molar-refractivity contribution in [3.63, 3.8) is 0 Å². The Morgan fingerprint density at radius 2 is 1.72 bits per heavy atom. The smallest absolute Gasteiger partial charge is 0.429 e. The third-order valence-corrected chi connectivity index (χ3v) is 5.89. The molecule has 1 unspecified atom stereocenters. The number of alkyl halides is 2. The van der Waals surface area contributed by atoms with Crippen molar-refractivity contribution in [2.75, 3.05) is 0 Å². The molecule has 170 valence electrons. The molecule has 0 spiro atoms. The van der Waals surface area contributed by atoms with Crippen LogP contribution in [-0.2, 0) is 6.11 Å². The van der Waals surface area contributed by atoms with Gasteiger partial charge < -0.3 is 4.74 Å². The Balaban J connectivity index is 2.05. The Morgan fingerprint density at radius 1 is 1.09 bits per heavy atom. The van der Waals surface area contributed by atoms with Crippen LogP contribution in [0.3, 0.4) is 0 Å². The van der Waals surface area contributed by atoms with Gasteiger partial charge in [0.15, 0.2) is 0 Å². The Hall–Kier alpha value is -2.88. The second-order valence-electron chi connectivity index (χ2n) is 8.07. The Morgan fingerprint density at radius 3 is 2.28 bits per heavy atom. The third-order valence-electron chi connectivity index (χ3n) is 5.89. The van der Waals surface area contributed by atoms with Gasteiger partial charge >= 0.3 is 6.11 Å². The summed E-state index contributed by atoms with van der Waals surface area (Å²) in [5, 5.41) is 8.73. The van der Waals surface area contributed by atoms with Gasteiger partial charge in [0.05, 0.1) is 0 Å². The molecule has 0 heterocycles. The average molecular weight is 449 g/mol. The van der Waals surface area contributed by atoms with Gasteiger partial charge in [-0.2, -0.15) is 14.0 Å². The maximum atomic E-state index is 15.6. The fourth-order valence-electron chi connectivity index (χ4n) is 4.35. The minimum absolute atomic E-state index is 0.170. The van der Waals surface area contributed by atoms with Crippen molar-refractivity contribution < 1.29 is 26.7 Å². The third kappa shape index (κ3) is 4.79. The molecule has 0 aromatic heterocycles. The average Bonchev–Trinajstić information content (AvgIpc) is 2.73. The first-order valence-electron chi connectivity index (χ1n) is 10.6. The minimum atomic E-state index is -4.18. The van der Waals surface area contributed by atoms with Crippen LogP contribution in [-0.4, -0.2) is 0 Å². The van der Waals surface area contributed by atoms with Gasteiger partial charge in [-0.05, 0) is 48.8 Å². The van der Waals surface area contributed by atoms with Crippen molar-refractivity contribution >= 4 is 0 Å². The SMILES string of the molecule is C/C=C/C(C)c1ccc(C(F)(F)Oc2cc(F)c(C#N)c(F)c2)c(F)c1C1CCCCC1. The molecule has 2 nitrogen and oxygen atoms in total. The van der Waals surface area contributed by atoms with Gasteiger partial charge in [0.1, 0.15) is 40.4 Å². The predicted octanol–water partition coefficient (Wildman–Crippen LogP) is 7.83. The van der Waals surface area contributed by atoms with Gasteiger partial charge in [-0.3, -0.25) is 0 Å². The van der Waals surface area contributed by atoms with E-state index in [4.69, 9.17) is 5.26 Å². The number of nitriles is 1. The topological polar surface area (TPSA) is 33.0 Å². The summed E-state index contributed by atoms with van der Waals surface area (Å²) in [6, 6.07) is 4.72. The lowest BCUT2D eigenvalue weighted by Crippen LogP contribution is -2.25. The summed E-state index contributed by atoms with van der Waals surface area (Å²) in [5.41, 5.74) is -0.996. The first kappa shape index (κ1) is 23.8. The van der Waals surface area contributed by atoms with Gasteiger partial charge in [-0.15, -0.1) is 0 Å². The first-order chi connectivity index (χ1) is 15.2. The summed E-state index contributed by atoms with van der Waals surface area (Å²) in [7, 11) is 0. The molecule has 0 amide bonds. The number of nitrogens with zero attached hydrogens (tertiary/aromatic N) is 1. The highest BCUT2D eigenvalue weighted by Crippen LogP contribution is 2.43. The molecule has 0 radical (unpaired) electrons. The number of halogens is 5. The molecule has 1 aliphatic rings. The number of hydrogen-bond donors (Lipinski definition) is 0. The number of ether oxygens (including phenoxy) is 1. The van der Waals surface area contributed by atoms with Gasteiger partial charge in [0.2, 0.25) is 0 Å². The molecular formula is C25H24F5NO. The normalized spacial score (nSPS) is 16.2. The summed E-state index contributed by atoms with van der Waals surface area (Å²) >= 11 is 0. The van der Waals surface area contributed by atoms with Crippen LogP contribution in [0.15, 0.2) is 36.4 Å². The lowest BCUT2D eigenvalue weighted by Gasteiger charge is -2.28. The predicted molar refractivity (Wildman–Crippen MR) is 111 cm³/mol. The van der Waals surface area contributed by atoms with Crippen LogP contribution in [0.25, 0.3) is 0 Å². The van der Waals surface area contributed by atoms with Crippen molar-refractivity contribution in [2.45, 2.75) is 63.9 Å². The molecule has 1 atom stereocenters. The molecule has 2 aromatic carbocycles. The van der Waals surface area contributed by atoms with E-state index in [2.05, 4.69) is 4.74 Å². The van der Waals surface area contributed by atoms with Crippen LogP contribution in [0.5, 0.6) is 5.75 Å². The summed E-state index contributed by atoms with van der Waals surface area (Å²) in [5.74, 6) is -4.92. The molecule has 0 bridgehead atoms. The molecule has 0 aliphatic heterocycles. The van der Waals surface area contributed by atoms with E-state index in [9.17, 15) is 17.6 Å². The number of allylic oxidation sites excluding steroid dienone is 2. The zero-order valence-electron chi connectivity index (χ0n) is 17.9. The highest BCUT2D eigenvalue weighted by molar-refractivity contribution is 5.42. The van der Waals surface area contributed by atoms with Crippen molar-refractivity contribution in [1.29, 1.82) is 5.26 Å². The molecule has 0 saturated heterocycles. The van der Waals surface area contributed by atoms with Crippen LogP contribution >= 0.6 is 0 Å². The second kappa shape index (κ2) is 9.72. The van der Waals surface area contributed by atoms with Crippen LogP contribution in [0.4, 0.5) is 22.0 Å². The Labute approximate surface area is 184 Å². The molecular weight excluding hydrogens is 425 g/mol. The summed E-state index contributed by atoms with van der Waals surface area (Å²) in [4.78, 5) is 0. The molecule has 2 aromatic rings. The molecule has 1 fully saturated rings. The molecule has 7 heteroatoms. The zero-order valence-corrected chi connectivity index (χ0v) is 17.9. The molecule has 3 rings (SSSR count). The van der Waals surface area contributed by atoms with E-state index in [1.54, 1.807) is 0 Å². The maximum absolute atomic E-state index is 15.6. The molecule has 1 aliphatic carbocycles. The fourth-order valence-corrected chi connectivity index (χ4v) is 4.35. The summed E-state index contributed by atoms with van der Waals surface area (Å²) in [6.07, 6.45) is 3.73. The van der Waals surface area contributed by atoms with E-state index in [1.807, 2.05) is 26.0 Å². The van der Waals surface area contributed by atoms with Crippen LogP contribution < -0.4 is 4.74 Å². The monoisotopic (exact) mass is 449 g/mol. The number of rotatable bonds is 6. The van der Waals surface area contributed by atoms with E-state index >= 15 is 4.39 Å². The standard InChI is InChI=1S/C25H24F5NO/c1-3-7-15(2)18-10-11-20(24(28)23(18)16-8-5-4-6-9-16)25(29,30)32-17-12-21(26)19(14-31)22(27)13-17/h3,7,10-13,15-16H,4-6,8-9H2,1-2H3/b7-3+. The Bertz CT molecular complexity index is 1030. The molecule has 32 heavy (non-hydrogen) atoms. The van der Waals surface area contributed by atoms with Gasteiger partial charge in [0, 0.05) is 12.1 Å². The van der Waals surface area contributed by atoms with E-state index < -0.39 is 40.4 Å². The lowest BCUT2D eigenvalue weighted by molar-refractivity contribution is -0.187. The van der Waals surface area contributed by atoms with E-state index in [0.29, 0.717) is 30.5 Å². The number of benzene rings is 2. The van der Waals surface area contributed by atoms with Gasteiger partial charge in [-0.25, -0.2) is 13.2 Å². The van der Waals surface area contributed by atoms with Crippen molar-refractivity contribution in [1.82, 2.24) is 0 Å². The van der Waals surface area contributed by atoms with Crippen LogP contribution in [0, 0.1) is 28.8 Å². The van der Waals surface area contributed by atoms with E-state index in [1.165, 1.54) is 12.1 Å². The quantitative estimate of drug-likeness (QED) is 0.333. The van der Waals surface area contributed by atoms with E-state index in [-0.39, 0.29) is 17.4 Å². The first-order valence-corrected chi connectivity index (χ1v) is 10.6. The van der Waals surface area contributed by atoms with Crippen molar-refractivity contribution in [3.8, 4) is 11.8 Å². The largest absolute Gasteiger partial charge is 0.429 e. The van der Waals surface area contributed by atoms with E-state index in [0.717, 1.165) is 25.3 Å². The summed E-state index contributed by atoms with van der Waals surface area (Å²) in [6.45, 7) is 3.71. The highest BCUT2D eigenvalue weighted by atomic mass is 19.3. The minimum Gasteiger partial charge on any atom is -0.429 e. The van der Waals surface area contributed by atoms with Gasteiger partial charge in [0.25, 0.3) is 0 Å². The van der Waals surface area contributed by atoms with Crippen molar-refractivity contribution in [2.24, 2.45) is 0 Å².